The molecule has 8 heteroatoms. The van der Waals surface area contributed by atoms with Crippen molar-refractivity contribution >= 4 is 22.3 Å². The molecule has 0 aromatic rings. The van der Waals surface area contributed by atoms with Gasteiger partial charge in [0.05, 0.1) is 11.8 Å². The van der Waals surface area contributed by atoms with Crippen LogP contribution in [0.2, 0.25) is 0 Å². The summed E-state index contributed by atoms with van der Waals surface area (Å²) in [6.45, 7) is 4.06. The number of hydrogen-bond acceptors (Lipinski definition) is 5. The third-order valence-electron chi connectivity index (χ3n) is 4.12. The molecule has 0 radical (unpaired) electrons. The van der Waals surface area contributed by atoms with Crippen LogP contribution in [0.4, 0.5) is 0 Å². The highest BCUT2D eigenvalue weighted by Gasteiger charge is 2.43. The van der Waals surface area contributed by atoms with Crippen LogP contribution in [0.3, 0.4) is 0 Å². The molecule has 0 heterocycles. The summed E-state index contributed by atoms with van der Waals surface area (Å²) in [4.78, 5) is 23.6. The molecule has 0 atom stereocenters. The standard InChI is InChI=1S/C16H30O7S/c1-3-5-7-9-11-16(13-14(17)18,12-10-8-6-4-2)15(19)23-24(20,21)22/h3-13H2,1-2H3,(H,17,18)(H,20,21,22). The Kier molecular flexibility index (Phi) is 10.9. The van der Waals surface area contributed by atoms with Crippen LogP contribution in [0, 0.1) is 5.41 Å². The molecule has 0 rings (SSSR count). The second kappa shape index (κ2) is 11.4. The fourth-order valence-electron chi connectivity index (χ4n) is 2.83. The van der Waals surface area contributed by atoms with Crippen LogP contribution in [0.25, 0.3) is 0 Å². The highest BCUT2D eigenvalue weighted by Crippen LogP contribution is 2.37. The number of rotatable bonds is 14. The highest BCUT2D eigenvalue weighted by molar-refractivity contribution is 7.81. The van der Waals surface area contributed by atoms with Gasteiger partial charge in [-0.3, -0.25) is 14.1 Å². The van der Waals surface area contributed by atoms with Crippen LogP contribution in [0.1, 0.15) is 84.5 Å². The molecule has 0 bridgehead atoms. The molecule has 0 amide bonds. The third-order valence-corrected chi connectivity index (χ3v) is 4.48. The van der Waals surface area contributed by atoms with Gasteiger partial charge in [0, 0.05) is 0 Å². The second-order valence-electron chi connectivity index (χ2n) is 6.27. The van der Waals surface area contributed by atoms with Crippen LogP contribution in [-0.4, -0.2) is 30.0 Å². The van der Waals surface area contributed by atoms with Crippen LogP contribution in [0.5, 0.6) is 0 Å². The average molecular weight is 366 g/mol. The predicted molar refractivity (Wildman–Crippen MR) is 89.8 cm³/mol. The summed E-state index contributed by atoms with van der Waals surface area (Å²) in [5.74, 6) is -2.35. The zero-order valence-electron chi connectivity index (χ0n) is 14.6. The van der Waals surface area contributed by atoms with E-state index in [1.807, 2.05) is 13.8 Å². The number of carbonyl (C=O) groups excluding carboxylic acids is 1. The van der Waals surface area contributed by atoms with Gasteiger partial charge in [0.1, 0.15) is 0 Å². The van der Waals surface area contributed by atoms with Crippen molar-refractivity contribution in [2.24, 2.45) is 5.41 Å². The van der Waals surface area contributed by atoms with Crippen LogP contribution >= 0.6 is 0 Å². The van der Waals surface area contributed by atoms with Crippen LogP contribution < -0.4 is 0 Å². The normalized spacial score (nSPS) is 12.1. The maximum atomic E-state index is 12.3. The molecule has 0 saturated carbocycles. The zero-order valence-corrected chi connectivity index (χ0v) is 15.4. The number of aliphatic carboxylic acids is 1. The molecule has 2 N–H and O–H groups in total. The fourth-order valence-corrected chi connectivity index (χ4v) is 3.20. The molecular formula is C16H30O7S. The minimum Gasteiger partial charge on any atom is -0.481 e. The lowest BCUT2D eigenvalue weighted by Gasteiger charge is -2.29. The lowest BCUT2D eigenvalue weighted by atomic mass is 9.75. The van der Waals surface area contributed by atoms with E-state index in [9.17, 15) is 23.1 Å². The van der Waals surface area contributed by atoms with Gasteiger partial charge in [0.15, 0.2) is 0 Å². The van der Waals surface area contributed by atoms with Gasteiger partial charge >= 0.3 is 22.3 Å². The van der Waals surface area contributed by atoms with Crippen molar-refractivity contribution < 1.29 is 31.8 Å². The summed E-state index contributed by atoms with van der Waals surface area (Å²) in [5.41, 5.74) is -1.41. The second-order valence-corrected chi connectivity index (χ2v) is 7.29. The lowest BCUT2D eigenvalue weighted by molar-refractivity contribution is -0.155. The van der Waals surface area contributed by atoms with E-state index in [4.69, 9.17) is 4.55 Å². The summed E-state index contributed by atoms with van der Waals surface area (Å²) < 4.78 is 34.7. The topological polar surface area (TPSA) is 118 Å². The summed E-state index contributed by atoms with van der Waals surface area (Å²) >= 11 is 0. The van der Waals surface area contributed by atoms with Crippen molar-refractivity contribution in [3.05, 3.63) is 0 Å². The van der Waals surface area contributed by atoms with Gasteiger partial charge in [-0.15, -0.1) is 0 Å². The number of hydrogen-bond donors (Lipinski definition) is 2. The summed E-state index contributed by atoms with van der Waals surface area (Å²) in [5, 5.41) is 9.18. The Hall–Kier alpha value is -1.15. The highest BCUT2D eigenvalue weighted by atomic mass is 32.3. The summed E-state index contributed by atoms with van der Waals surface area (Å²) in [6, 6.07) is 0. The molecule has 0 aromatic carbocycles. The molecule has 142 valence electrons. The molecule has 0 aliphatic carbocycles. The van der Waals surface area contributed by atoms with Gasteiger partial charge in [-0.25, -0.2) is 0 Å². The summed E-state index contributed by atoms with van der Waals surface area (Å²) in [7, 11) is -4.96. The smallest absolute Gasteiger partial charge is 0.448 e. The molecule has 0 aliphatic rings. The molecule has 0 unspecified atom stereocenters. The first-order chi connectivity index (χ1) is 11.2. The first-order valence-corrected chi connectivity index (χ1v) is 9.96. The zero-order chi connectivity index (χ0) is 18.6. The van der Waals surface area contributed by atoms with Gasteiger partial charge in [-0.05, 0) is 12.8 Å². The quantitative estimate of drug-likeness (QED) is 0.355. The third kappa shape index (κ3) is 9.87. The van der Waals surface area contributed by atoms with Crippen molar-refractivity contribution in [2.75, 3.05) is 0 Å². The average Bonchev–Trinajstić information content (AvgIpc) is 2.45. The fraction of sp³-hybridized carbons (Fsp3) is 0.875. The van der Waals surface area contributed by atoms with E-state index >= 15 is 0 Å². The first kappa shape index (κ1) is 22.9. The van der Waals surface area contributed by atoms with Crippen molar-refractivity contribution in [3.63, 3.8) is 0 Å². The Bertz CT molecular complexity index is 473. The molecule has 0 saturated heterocycles. The summed E-state index contributed by atoms with van der Waals surface area (Å²) in [6.07, 6.45) is 6.70. The predicted octanol–water partition coefficient (Wildman–Crippen LogP) is 3.73. The van der Waals surface area contributed by atoms with E-state index in [1.165, 1.54) is 0 Å². The Balaban J connectivity index is 5.23. The van der Waals surface area contributed by atoms with Crippen molar-refractivity contribution in [1.82, 2.24) is 0 Å². The van der Waals surface area contributed by atoms with E-state index in [1.54, 1.807) is 0 Å². The molecule has 0 spiro atoms. The van der Waals surface area contributed by atoms with Crippen molar-refractivity contribution in [1.29, 1.82) is 0 Å². The Morgan fingerprint density at radius 1 is 0.917 bits per heavy atom. The minimum atomic E-state index is -4.96. The molecule has 0 aliphatic heterocycles. The van der Waals surface area contributed by atoms with Crippen molar-refractivity contribution in [3.8, 4) is 0 Å². The molecule has 0 fully saturated rings. The SMILES string of the molecule is CCCCCCC(CCCCCC)(CC(=O)O)C(=O)OS(=O)(=O)O. The number of unbranched alkanes of at least 4 members (excludes halogenated alkanes) is 6. The van der Waals surface area contributed by atoms with E-state index in [-0.39, 0.29) is 12.8 Å². The monoisotopic (exact) mass is 366 g/mol. The largest absolute Gasteiger partial charge is 0.481 e. The maximum Gasteiger partial charge on any atom is 0.448 e. The van der Waals surface area contributed by atoms with Gasteiger partial charge in [-0.2, -0.15) is 8.42 Å². The van der Waals surface area contributed by atoms with E-state index in [0.717, 1.165) is 38.5 Å². The van der Waals surface area contributed by atoms with Crippen molar-refractivity contribution in [2.45, 2.75) is 84.5 Å². The molecule has 0 aromatic heterocycles. The van der Waals surface area contributed by atoms with E-state index in [0.29, 0.717) is 12.8 Å². The van der Waals surface area contributed by atoms with Gasteiger partial charge < -0.3 is 9.29 Å². The van der Waals surface area contributed by atoms with E-state index < -0.39 is 34.2 Å². The van der Waals surface area contributed by atoms with E-state index in [2.05, 4.69) is 4.18 Å². The minimum absolute atomic E-state index is 0.236. The Morgan fingerprint density at radius 3 is 1.71 bits per heavy atom. The number of carboxylic acids is 1. The Morgan fingerprint density at radius 2 is 1.38 bits per heavy atom. The lowest BCUT2D eigenvalue weighted by Crippen LogP contribution is -2.37. The number of carbonyl (C=O) groups is 2. The first-order valence-electron chi connectivity index (χ1n) is 8.60. The number of carboxylic acid groups (broad SMARTS) is 1. The molecule has 24 heavy (non-hydrogen) atoms. The maximum absolute atomic E-state index is 12.3. The molecule has 7 nitrogen and oxygen atoms in total. The van der Waals surface area contributed by atoms with Gasteiger partial charge in [0.25, 0.3) is 0 Å². The molecular weight excluding hydrogens is 336 g/mol. The van der Waals surface area contributed by atoms with Crippen LogP contribution in [0.15, 0.2) is 0 Å². The van der Waals surface area contributed by atoms with Crippen LogP contribution in [-0.2, 0) is 24.2 Å². The Labute approximate surface area is 144 Å². The van der Waals surface area contributed by atoms with Gasteiger partial charge in [-0.1, -0.05) is 65.2 Å². The van der Waals surface area contributed by atoms with Gasteiger partial charge in [0.2, 0.25) is 0 Å².